The number of rotatable bonds is 6. The molecule has 4 aromatic rings. The second kappa shape index (κ2) is 8.99. The van der Waals surface area contributed by atoms with Crippen LogP contribution in [0.5, 0.6) is 0 Å². The summed E-state index contributed by atoms with van der Waals surface area (Å²) in [6.45, 7) is 5.48. The summed E-state index contributed by atoms with van der Waals surface area (Å²) in [5, 5.41) is 0.864. The minimum Gasteiger partial charge on any atom is -0.462 e. The molecule has 0 saturated carbocycles. The Kier molecular flexibility index (Phi) is 6.23. The zero-order valence-corrected chi connectivity index (χ0v) is 20.4. The number of aromatic nitrogens is 2. The Labute approximate surface area is 199 Å². The Morgan fingerprint density at radius 1 is 0.971 bits per heavy atom. The van der Waals surface area contributed by atoms with E-state index in [4.69, 9.17) is 4.74 Å². The number of carbonyl (C=O) groups is 1. The van der Waals surface area contributed by atoms with Crippen molar-refractivity contribution in [3.05, 3.63) is 84.3 Å². The number of hydrogen-bond acceptors (Lipinski definition) is 6. The first-order chi connectivity index (χ1) is 16.1. The predicted octanol–water partition coefficient (Wildman–Crippen LogP) is 5.42. The van der Waals surface area contributed by atoms with Gasteiger partial charge in [-0.2, -0.15) is 0 Å². The highest BCUT2D eigenvalue weighted by molar-refractivity contribution is 7.91. The van der Waals surface area contributed by atoms with Gasteiger partial charge in [-0.05, 0) is 67.8 Å². The zero-order chi connectivity index (χ0) is 24.5. The second-order valence-corrected chi connectivity index (χ2v) is 11.2. The van der Waals surface area contributed by atoms with E-state index in [2.05, 4.69) is 9.97 Å². The molecule has 0 radical (unpaired) electrons. The van der Waals surface area contributed by atoms with E-state index < -0.39 is 20.6 Å². The maximum Gasteiger partial charge on any atom is 0.339 e. The van der Waals surface area contributed by atoms with Crippen LogP contribution in [0.4, 0.5) is 0 Å². The quantitative estimate of drug-likeness (QED) is 0.347. The van der Waals surface area contributed by atoms with Gasteiger partial charge in [0.1, 0.15) is 0 Å². The Morgan fingerprint density at radius 3 is 2.47 bits per heavy atom. The molecule has 0 aliphatic carbocycles. The molecule has 0 fully saturated rings. The molecule has 34 heavy (non-hydrogen) atoms. The number of fused-ring (bicyclic) bond motifs is 1. The van der Waals surface area contributed by atoms with E-state index in [1.807, 2.05) is 48.5 Å². The third-order valence-corrected chi connectivity index (χ3v) is 8.17. The molecular weight excluding hydrogens is 448 g/mol. The smallest absolute Gasteiger partial charge is 0.339 e. The highest BCUT2D eigenvalue weighted by Gasteiger charge is 2.33. The maximum atomic E-state index is 12.5. The van der Waals surface area contributed by atoms with Crippen LogP contribution in [0, 0.1) is 0 Å². The van der Waals surface area contributed by atoms with Crippen molar-refractivity contribution in [2.75, 3.05) is 12.9 Å². The number of carbonyl (C=O) groups excluding carboxylic acids is 1. The van der Waals surface area contributed by atoms with Crippen LogP contribution in [0.2, 0.25) is 0 Å². The van der Waals surface area contributed by atoms with E-state index >= 15 is 0 Å². The largest absolute Gasteiger partial charge is 0.462 e. The van der Waals surface area contributed by atoms with Crippen molar-refractivity contribution in [3.8, 4) is 22.3 Å². The lowest BCUT2D eigenvalue weighted by atomic mass is 9.92. The van der Waals surface area contributed by atoms with E-state index in [1.165, 1.54) is 12.5 Å². The molecule has 0 atom stereocenters. The van der Waals surface area contributed by atoms with Crippen LogP contribution in [0.15, 0.2) is 73.2 Å². The summed E-state index contributed by atoms with van der Waals surface area (Å²) in [5.41, 5.74) is 5.22. The molecule has 0 unspecified atom stereocenters. The molecule has 0 N–H and O–H groups in total. The average Bonchev–Trinajstić information content (AvgIpc) is 2.83. The molecule has 2 aromatic heterocycles. The molecule has 0 spiro atoms. The summed E-state index contributed by atoms with van der Waals surface area (Å²) >= 11 is 0. The van der Waals surface area contributed by atoms with Gasteiger partial charge >= 0.3 is 5.97 Å². The lowest BCUT2D eigenvalue weighted by Crippen LogP contribution is -2.28. The zero-order valence-electron chi connectivity index (χ0n) is 19.6. The molecule has 0 aliphatic rings. The molecular formula is C27H26N2O4S. The van der Waals surface area contributed by atoms with Crippen molar-refractivity contribution in [1.82, 2.24) is 9.97 Å². The molecule has 6 nitrogen and oxygen atoms in total. The van der Waals surface area contributed by atoms with Gasteiger partial charge in [-0.3, -0.25) is 9.97 Å². The minimum atomic E-state index is -3.36. The first kappa shape index (κ1) is 23.6. The Morgan fingerprint density at radius 2 is 1.74 bits per heavy atom. The van der Waals surface area contributed by atoms with Gasteiger partial charge in [0.25, 0.3) is 0 Å². The Hall–Kier alpha value is -3.58. The van der Waals surface area contributed by atoms with Crippen LogP contribution >= 0.6 is 0 Å². The highest BCUT2D eigenvalue weighted by atomic mass is 32.2. The summed E-state index contributed by atoms with van der Waals surface area (Å²) in [6, 6.07) is 17.1. The second-order valence-electron chi connectivity index (χ2n) is 8.64. The fraction of sp³-hybridized carbons (Fsp3) is 0.222. The first-order valence-corrected chi connectivity index (χ1v) is 12.8. The maximum absolute atomic E-state index is 12.5. The molecule has 0 saturated heterocycles. The summed E-state index contributed by atoms with van der Waals surface area (Å²) in [7, 11) is -3.36. The standard InChI is InChI=1S/C27H26N2O4S/c1-5-33-26(30)22-13-21(16-28-17-22)18-8-6-9-19(12-18)24-15-23(27(2,3)34(4,31)32)14-20-10-7-11-29-25(20)24/h6-17H,5H2,1-4H3. The fourth-order valence-electron chi connectivity index (χ4n) is 3.76. The van der Waals surface area contributed by atoms with Crippen molar-refractivity contribution in [2.45, 2.75) is 25.5 Å². The Bertz CT molecular complexity index is 1490. The predicted molar refractivity (Wildman–Crippen MR) is 134 cm³/mol. The molecule has 0 bridgehead atoms. The molecule has 4 rings (SSSR count). The summed E-state index contributed by atoms with van der Waals surface area (Å²) in [4.78, 5) is 20.9. The summed E-state index contributed by atoms with van der Waals surface area (Å²) < 4.78 is 29.1. The molecule has 0 amide bonds. The highest BCUT2D eigenvalue weighted by Crippen LogP contribution is 2.37. The Balaban J connectivity index is 1.88. The number of hydrogen-bond donors (Lipinski definition) is 0. The van der Waals surface area contributed by atoms with Crippen LogP contribution in [0.3, 0.4) is 0 Å². The van der Waals surface area contributed by atoms with Gasteiger partial charge in [-0.15, -0.1) is 0 Å². The van der Waals surface area contributed by atoms with Crippen LogP contribution in [0.25, 0.3) is 33.2 Å². The summed E-state index contributed by atoms with van der Waals surface area (Å²) in [6.07, 6.45) is 6.16. The van der Waals surface area contributed by atoms with Crippen molar-refractivity contribution >= 4 is 26.7 Å². The van der Waals surface area contributed by atoms with Crippen molar-refractivity contribution in [3.63, 3.8) is 0 Å². The van der Waals surface area contributed by atoms with Gasteiger partial charge in [-0.1, -0.05) is 24.3 Å². The first-order valence-electron chi connectivity index (χ1n) is 10.9. The number of benzene rings is 2. The lowest BCUT2D eigenvalue weighted by molar-refractivity contribution is 0.0526. The molecule has 2 heterocycles. The third-order valence-electron chi connectivity index (χ3n) is 6.08. The molecule has 0 aliphatic heterocycles. The van der Waals surface area contributed by atoms with Crippen LogP contribution in [-0.4, -0.2) is 37.2 Å². The van der Waals surface area contributed by atoms with Gasteiger partial charge in [0.15, 0.2) is 9.84 Å². The monoisotopic (exact) mass is 474 g/mol. The van der Waals surface area contributed by atoms with E-state index in [9.17, 15) is 13.2 Å². The molecule has 174 valence electrons. The fourth-order valence-corrected chi connectivity index (χ4v) is 4.31. The number of esters is 1. The van der Waals surface area contributed by atoms with E-state index in [-0.39, 0.29) is 0 Å². The van der Waals surface area contributed by atoms with E-state index in [0.29, 0.717) is 17.7 Å². The van der Waals surface area contributed by atoms with Gasteiger partial charge in [-0.25, -0.2) is 13.2 Å². The average molecular weight is 475 g/mol. The minimum absolute atomic E-state index is 0.290. The number of sulfone groups is 1. The number of pyridine rings is 2. The van der Waals surface area contributed by atoms with Gasteiger partial charge in [0.2, 0.25) is 0 Å². The normalized spacial score (nSPS) is 12.0. The van der Waals surface area contributed by atoms with E-state index in [0.717, 1.165) is 33.2 Å². The topological polar surface area (TPSA) is 86.2 Å². The SMILES string of the molecule is CCOC(=O)c1cncc(-c2cccc(-c3cc(C(C)(C)S(C)(=O)=O)cc4cccnc34)c2)c1. The molecule has 7 heteroatoms. The van der Waals surface area contributed by atoms with Crippen LogP contribution < -0.4 is 0 Å². The van der Waals surface area contributed by atoms with Crippen LogP contribution in [0.1, 0.15) is 36.7 Å². The van der Waals surface area contributed by atoms with Crippen molar-refractivity contribution in [1.29, 1.82) is 0 Å². The van der Waals surface area contributed by atoms with Gasteiger partial charge in [0, 0.05) is 41.4 Å². The molecule has 2 aromatic carbocycles. The third kappa shape index (κ3) is 4.43. The number of ether oxygens (including phenoxy) is 1. The van der Waals surface area contributed by atoms with Crippen molar-refractivity contribution < 1.29 is 17.9 Å². The lowest BCUT2D eigenvalue weighted by Gasteiger charge is -2.24. The number of nitrogens with zero attached hydrogens (tertiary/aromatic N) is 2. The van der Waals surface area contributed by atoms with Crippen molar-refractivity contribution in [2.24, 2.45) is 0 Å². The van der Waals surface area contributed by atoms with Gasteiger partial charge < -0.3 is 4.74 Å². The van der Waals surface area contributed by atoms with E-state index in [1.54, 1.807) is 39.2 Å². The summed E-state index contributed by atoms with van der Waals surface area (Å²) in [5.74, 6) is -0.418. The van der Waals surface area contributed by atoms with Crippen LogP contribution in [-0.2, 0) is 19.3 Å². The van der Waals surface area contributed by atoms with Gasteiger partial charge in [0.05, 0.1) is 22.4 Å².